The number of hydrogen-bond acceptors (Lipinski definition) is 2. The summed E-state index contributed by atoms with van der Waals surface area (Å²) in [7, 11) is 0. The van der Waals surface area contributed by atoms with Crippen molar-refractivity contribution in [1.29, 1.82) is 0 Å². The van der Waals surface area contributed by atoms with Crippen molar-refractivity contribution in [2.24, 2.45) is 0 Å². The molecule has 30 heavy (non-hydrogen) atoms. The third kappa shape index (κ3) is 4.22. The zero-order valence-corrected chi connectivity index (χ0v) is 18.7. The molecule has 1 aliphatic rings. The van der Waals surface area contributed by atoms with Gasteiger partial charge in [-0.1, -0.05) is 53.7 Å². The molecule has 7 heteroatoms. The van der Waals surface area contributed by atoms with Crippen molar-refractivity contribution in [3.05, 3.63) is 75.5 Å². The molecule has 0 spiro atoms. The molecule has 0 radical (unpaired) electrons. The third-order valence-corrected chi connectivity index (χ3v) is 6.34. The molecule has 1 amide bonds. The van der Waals surface area contributed by atoms with E-state index in [1.54, 1.807) is 29.2 Å². The Balaban J connectivity index is 1.75. The lowest BCUT2D eigenvalue weighted by Crippen LogP contribution is -2.32. The van der Waals surface area contributed by atoms with Gasteiger partial charge in [0.2, 0.25) is 0 Å². The molecule has 0 N–H and O–H groups in total. The first-order valence-corrected chi connectivity index (χ1v) is 11.1. The van der Waals surface area contributed by atoms with Crippen LogP contribution < -0.4 is 0 Å². The second-order valence-electron chi connectivity index (χ2n) is 7.57. The summed E-state index contributed by atoms with van der Waals surface area (Å²) in [5.41, 5.74) is 2.27. The number of carbonyl (C=O) groups is 1. The molecule has 0 bridgehead atoms. The zero-order valence-electron chi connectivity index (χ0n) is 16.5. The van der Waals surface area contributed by atoms with Gasteiger partial charge >= 0.3 is 0 Å². The van der Waals surface area contributed by atoms with Crippen molar-refractivity contribution in [3.63, 3.8) is 0 Å². The number of benzene rings is 2. The van der Waals surface area contributed by atoms with Crippen LogP contribution in [0.5, 0.6) is 0 Å². The number of nitrogens with zero attached hydrogens (tertiary/aromatic N) is 3. The van der Waals surface area contributed by atoms with Crippen LogP contribution in [0.3, 0.4) is 0 Å². The molecule has 2 aromatic carbocycles. The molecule has 156 valence electrons. The molecule has 0 atom stereocenters. The minimum Gasteiger partial charge on any atom is -0.327 e. The number of amides is 1. The highest BCUT2D eigenvalue weighted by atomic mass is 35.5. The second kappa shape index (κ2) is 9.01. The highest BCUT2D eigenvalue weighted by Crippen LogP contribution is 2.35. The number of hydrogen-bond donors (Lipinski definition) is 0. The predicted molar refractivity (Wildman–Crippen MR) is 124 cm³/mol. The SMILES string of the molecule is C=CCN(Cc1nc2ccc(Cl)cc2n1C1CCCC1)C(=O)c1cc(Cl)ccc1Cl. The molecule has 0 unspecified atom stereocenters. The van der Waals surface area contributed by atoms with E-state index < -0.39 is 0 Å². The maximum Gasteiger partial charge on any atom is 0.256 e. The Kier molecular flexibility index (Phi) is 6.37. The summed E-state index contributed by atoms with van der Waals surface area (Å²) in [5.74, 6) is 0.637. The van der Waals surface area contributed by atoms with Crippen LogP contribution in [0.15, 0.2) is 49.1 Å². The summed E-state index contributed by atoms with van der Waals surface area (Å²) < 4.78 is 2.26. The fourth-order valence-electron chi connectivity index (χ4n) is 4.18. The number of fused-ring (bicyclic) bond motifs is 1. The van der Waals surface area contributed by atoms with Crippen LogP contribution >= 0.6 is 34.8 Å². The lowest BCUT2D eigenvalue weighted by atomic mass is 10.2. The van der Waals surface area contributed by atoms with Gasteiger partial charge in [-0.2, -0.15) is 0 Å². The fraction of sp³-hybridized carbons (Fsp3) is 0.304. The number of rotatable bonds is 6. The van der Waals surface area contributed by atoms with Crippen LogP contribution in [0.4, 0.5) is 0 Å². The first kappa shape index (κ1) is 21.2. The third-order valence-electron chi connectivity index (χ3n) is 5.54. The van der Waals surface area contributed by atoms with Crippen molar-refractivity contribution >= 4 is 51.7 Å². The van der Waals surface area contributed by atoms with Crippen LogP contribution in [-0.2, 0) is 6.54 Å². The van der Waals surface area contributed by atoms with E-state index in [4.69, 9.17) is 39.8 Å². The van der Waals surface area contributed by atoms with Gasteiger partial charge in [-0.3, -0.25) is 4.79 Å². The zero-order chi connectivity index (χ0) is 21.3. The number of halogens is 3. The van der Waals surface area contributed by atoms with Gasteiger partial charge in [0, 0.05) is 22.6 Å². The molecule has 4 nitrogen and oxygen atoms in total. The van der Waals surface area contributed by atoms with Crippen LogP contribution in [-0.4, -0.2) is 26.9 Å². The monoisotopic (exact) mass is 461 g/mol. The van der Waals surface area contributed by atoms with Crippen molar-refractivity contribution in [2.75, 3.05) is 6.54 Å². The summed E-state index contributed by atoms with van der Waals surface area (Å²) in [6, 6.07) is 11.0. The van der Waals surface area contributed by atoms with E-state index in [1.165, 1.54) is 12.8 Å². The van der Waals surface area contributed by atoms with E-state index in [-0.39, 0.29) is 5.91 Å². The maximum absolute atomic E-state index is 13.3. The van der Waals surface area contributed by atoms with Crippen molar-refractivity contribution in [3.8, 4) is 0 Å². The molecule has 1 aromatic heterocycles. The highest BCUT2D eigenvalue weighted by Gasteiger charge is 2.26. The smallest absolute Gasteiger partial charge is 0.256 e. The van der Waals surface area contributed by atoms with Crippen molar-refractivity contribution in [1.82, 2.24) is 14.5 Å². The van der Waals surface area contributed by atoms with Crippen LogP contribution in [0, 0.1) is 0 Å². The molecule has 1 saturated carbocycles. The van der Waals surface area contributed by atoms with E-state index >= 15 is 0 Å². The Labute approximate surface area is 191 Å². The van der Waals surface area contributed by atoms with Gasteiger partial charge < -0.3 is 9.47 Å². The predicted octanol–water partition coefficient (Wildman–Crippen LogP) is 6.94. The van der Waals surface area contributed by atoms with Gasteiger partial charge in [0.1, 0.15) is 5.82 Å². The van der Waals surface area contributed by atoms with E-state index in [9.17, 15) is 4.79 Å². The maximum atomic E-state index is 13.3. The lowest BCUT2D eigenvalue weighted by molar-refractivity contribution is 0.0756. The van der Waals surface area contributed by atoms with Crippen LogP contribution in [0.25, 0.3) is 11.0 Å². The Hall–Kier alpha value is -2.01. The molecule has 1 heterocycles. The van der Waals surface area contributed by atoms with Crippen molar-refractivity contribution in [2.45, 2.75) is 38.3 Å². The molecule has 0 saturated heterocycles. The van der Waals surface area contributed by atoms with E-state index in [0.29, 0.717) is 39.8 Å². The summed E-state index contributed by atoms with van der Waals surface area (Å²) in [6.07, 6.45) is 6.28. The standard InChI is InChI=1S/C23H22Cl3N3O/c1-2-11-28(23(30)18-12-15(24)7-9-19(18)26)14-22-27-20-10-8-16(25)13-21(20)29(22)17-5-3-4-6-17/h2,7-10,12-13,17H,1,3-6,11,14H2. The van der Waals surface area contributed by atoms with Gasteiger partial charge in [0.05, 0.1) is 28.2 Å². The van der Waals surface area contributed by atoms with Gasteiger partial charge in [-0.25, -0.2) is 4.98 Å². The molecular weight excluding hydrogens is 441 g/mol. The molecule has 1 aliphatic carbocycles. The number of carbonyl (C=O) groups excluding carboxylic acids is 1. The molecule has 3 aromatic rings. The lowest BCUT2D eigenvalue weighted by Gasteiger charge is -2.24. The molecule has 4 rings (SSSR count). The average Bonchev–Trinajstić information content (AvgIpc) is 3.36. The summed E-state index contributed by atoms with van der Waals surface area (Å²) in [4.78, 5) is 19.8. The van der Waals surface area contributed by atoms with Gasteiger partial charge in [0.15, 0.2) is 0 Å². The van der Waals surface area contributed by atoms with Gasteiger partial charge in [-0.15, -0.1) is 6.58 Å². The Morgan fingerprint density at radius 3 is 2.57 bits per heavy atom. The minimum absolute atomic E-state index is 0.203. The molecular formula is C23H22Cl3N3O. The second-order valence-corrected chi connectivity index (χ2v) is 8.85. The summed E-state index contributed by atoms with van der Waals surface area (Å²) in [5, 5.41) is 1.52. The van der Waals surface area contributed by atoms with E-state index in [1.807, 2.05) is 18.2 Å². The summed E-state index contributed by atoms with van der Waals surface area (Å²) in [6.45, 7) is 4.53. The van der Waals surface area contributed by atoms with Gasteiger partial charge in [-0.05, 0) is 49.2 Å². The largest absolute Gasteiger partial charge is 0.327 e. The summed E-state index contributed by atoms with van der Waals surface area (Å²) >= 11 is 18.7. The Morgan fingerprint density at radius 1 is 1.13 bits per heavy atom. The Morgan fingerprint density at radius 2 is 1.83 bits per heavy atom. The highest BCUT2D eigenvalue weighted by molar-refractivity contribution is 6.35. The topological polar surface area (TPSA) is 38.1 Å². The first-order chi connectivity index (χ1) is 14.5. The van der Waals surface area contributed by atoms with Crippen LogP contribution in [0.1, 0.15) is 47.9 Å². The quantitative estimate of drug-likeness (QED) is 0.372. The van der Waals surface area contributed by atoms with E-state index in [0.717, 1.165) is 29.7 Å². The number of imidazole rings is 1. The first-order valence-electron chi connectivity index (χ1n) is 9.99. The fourth-order valence-corrected chi connectivity index (χ4v) is 4.71. The van der Waals surface area contributed by atoms with Crippen molar-refractivity contribution < 1.29 is 4.79 Å². The molecule has 1 fully saturated rings. The normalized spacial score (nSPS) is 14.4. The molecule has 0 aliphatic heterocycles. The van der Waals surface area contributed by atoms with Crippen LogP contribution in [0.2, 0.25) is 15.1 Å². The average molecular weight is 463 g/mol. The number of aromatic nitrogens is 2. The Bertz CT molecular complexity index is 1100. The van der Waals surface area contributed by atoms with E-state index in [2.05, 4.69) is 11.1 Å². The van der Waals surface area contributed by atoms with Gasteiger partial charge in [0.25, 0.3) is 5.91 Å². The minimum atomic E-state index is -0.203.